The molecule has 2 aromatic heterocycles. The van der Waals surface area contributed by atoms with Crippen molar-refractivity contribution in [2.75, 3.05) is 0 Å². The first-order valence-electron chi connectivity index (χ1n) is 8.64. The average molecular weight is 348 g/mol. The van der Waals surface area contributed by atoms with Crippen LogP contribution >= 0.6 is 0 Å². The molecule has 3 aromatic rings. The molecule has 0 saturated carbocycles. The summed E-state index contributed by atoms with van der Waals surface area (Å²) in [6.07, 6.45) is 7.31. The molecule has 0 aliphatic rings. The van der Waals surface area contributed by atoms with Gasteiger partial charge in [-0.25, -0.2) is 0 Å². The van der Waals surface area contributed by atoms with Crippen LogP contribution in [0.25, 0.3) is 11.1 Å². The van der Waals surface area contributed by atoms with Gasteiger partial charge < -0.3 is 5.32 Å². The van der Waals surface area contributed by atoms with Gasteiger partial charge in [-0.05, 0) is 34.7 Å². The van der Waals surface area contributed by atoms with Crippen LogP contribution < -0.4 is 5.32 Å². The van der Waals surface area contributed by atoms with Crippen molar-refractivity contribution in [3.8, 4) is 11.1 Å². The normalized spacial score (nSPS) is 11.4. The lowest BCUT2D eigenvalue weighted by Crippen LogP contribution is -2.23. The molecule has 0 spiro atoms. The fraction of sp³-hybridized carbons (Fsp3) is 0.286. The molecule has 0 saturated heterocycles. The Morgan fingerprint density at radius 3 is 2.42 bits per heavy atom. The molecular weight excluding hydrogens is 324 g/mol. The van der Waals surface area contributed by atoms with E-state index in [1.54, 1.807) is 23.3 Å². The summed E-state index contributed by atoms with van der Waals surface area (Å²) in [6, 6.07) is 9.80. The minimum Gasteiger partial charge on any atom is -0.348 e. The van der Waals surface area contributed by atoms with Crippen molar-refractivity contribution in [3.05, 3.63) is 71.8 Å². The van der Waals surface area contributed by atoms with E-state index in [1.807, 2.05) is 43.6 Å². The predicted molar refractivity (Wildman–Crippen MR) is 103 cm³/mol. The molecule has 2 heterocycles. The third-order valence-electron chi connectivity index (χ3n) is 4.30. The van der Waals surface area contributed by atoms with E-state index in [0.717, 1.165) is 16.7 Å². The maximum atomic E-state index is 12.4. The fourth-order valence-electron chi connectivity index (χ4n) is 2.72. The molecule has 0 radical (unpaired) electrons. The Morgan fingerprint density at radius 2 is 1.81 bits per heavy atom. The second kappa shape index (κ2) is 7.12. The van der Waals surface area contributed by atoms with Crippen LogP contribution in [0.3, 0.4) is 0 Å². The van der Waals surface area contributed by atoms with Crippen LogP contribution in [0.1, 0.15) is 42.3 Å². The van der Waals surface area contributed by atoms with E-state index >= 15 is 0 Å². The highest BCUT2D eigenvalue weighted by atomic mass is 16.1. The number of carbonyl (C=O) groups excluding carboxylic acids is 1. The van der Waals surface area contributed by atoms with Crippen molar-refractivity contribution in [2.45, 2.75) is 32.7 Å². The van der Waals surface area contributed by atoms with Gasteiger partial charge in [0.25, 0.3) is 5.91 Å². The molecule has 1 amide bonds. The molecule has 26 heavy (non-hydrogen) atoms. The molecule has 1 aromatic carbocycles. The molecule has 0 atom stereocenters. The van der Waals surface area contributed by atoms with Crippen LogP contribution in [-0.4, -0.2) is 20.7 Å². The molecule has 0 aliphatic carbocycles. The number of rotatable bonds is 4. The first-order chi connectivity index (χ1) is 12.3. The molecule has 5 heteroatoms. The Balaban J connectivity index is 1.66. The first kappa shape index (κ1) is 17.9. The number of aryl methyl sites for hydroxylation is 1. The number of carbonyl (C=O) groups is 1. The zero-order valence-electron chi connectivity index (χ0n) is 15.7. The number of amides is 1. The second-order valence-corrected chi connectivity index (χ2v) is 7.49. The highest BCUT2D eigenvalue weighted by Crippen LogP contribution is 2.22. The third-order valence-corrected chi connectivity index (χ3v) is 4.30. The number of aromatic nitrogens is 3. The number of hydrogen-bond donors (Lipinski definition) is 1. The lowest BCUT2D eigenvalue weighted by Gasteiger charge is -2.19. The van der Waals surface area contributed by atoms with Crippen LogP contribution in [0.2, 0.25) is 0 Å². The van der Waals surface area contributed by atoms with E-state index in [0.29, 0.717) is 12.1 Å². The summed E-state index contributed by atoms with van der Waals surface area (Å²) in [5.41, 5.74) is 4.89. The summed E-state index contributed by atoms with van der Waals surface area (Å²) < 4.78 is 1.75. The number of pyridine rings is 1. The van der Waals surface area contributed by atoms with Crippen molar-refractivity contribution < 1.29 is 4.79 Å². The Bertz CT molecular complexity index is 904. The zero-order valence-corrected chi connectivity index (χ0v) is 15.7. The van der Waals surface area contributed by atoms with Crippen LogP contribution in [0, 0.1) is 0 Å². The predicted octanol–water partition coefficient (Wildman–Crippen LogP) is 3.71. The van der Waals surface area contributed by atoms with Gasteiger partial charge in [-0.1, -0.05) is 32.9 Å². The second-order valence-electron chi connectivity index (χ2n) is 7.49. The zero-order chi connectivity index (χ0) is 18.7. The van der Waals surface area contributed by atoms with E-state index in [4.69, 9.17) is 0 Å². The van der Waals surface area contributed by atoms with E-state index in [9.17, 15) is 4.79 Å². The minimum absolute atomic E-state index is 0.0768. The van der Waals surface area contributed by atoms with Crippen LogP contribution in [-0.2, 0) is 19.0 Å². The largest absolute Gasteiger partial charge is 0.348 e. The molecular formula is C21H24N4O. The third kappa shape index (κ3) is 4.17. The van der Waals surface area contributed by atoms with Gasteiger partial charge in [-0.2, -0.15) is 5.10 Å². The SMILES string of the molecule is Cn1cc(-c2cncc(CNC(=O)c3ccc(C(C)(C)C)cc3)c2)cn1. The fourth-order valence-corrected chi connectivity index (χ4v) is 2.72. The maximum absolute atomic E-state index is 12.4. The number of hydrogen-bond acceptors (Lipinski definition) is 3. The van der Waals surface area contributed by atoms with Gasteiger partial charge in [0.2, 0.25) is 0 Å². The summed E-state index contributed by atoms with van der Waals surface area (Å²) in [5.74, 6) is -0.0859. The van der Waals surface area contributed by atoms with Gasteiger partial charge in [-0.15, -0.1) is 0 Å². The van der Waals surface area contributed by atoms with Crippen LogP contribution in [0.4, 0.5) is 0 Å². The summed E-state index contributed by atoms with van der Waals surface area (Å²) in [5, 5.41) is 7.14. The number of benzene rings is 1. The summed E-state index contributed by atoms with van der Waals surface area (Å²) in [6.45, 7) is 6.90. The highest BCUT2D eigenvalue weighted by Gasteiger charge is 2.14. The Morgan fingerprint density at radius 1 is 1.08 bits per heavy atom. The lowest BCUT2D eigenvalue weighted by molar-refractivity contribution is 0.0951. The monoisotopic (exact) mass is 348 g/mol. The van der Waals surface area contributed by atoms with E-state index in [2.05, 4.69) is 36.2 Å². The Labute approximate surface area is 154 Å². The van der Waals surface area contributed by atoms with Gasteiger partial charge >= 0.3 is 0 Å². The van der Waals surface area contributed by atoms with E-state index < -0.39 is 0 Å². The number of nitrogens with zero attached hydrogens (tertiary/aromatic N) is 3. The molecule has 0 unspecified atom stereocenters. The summed E-state index contributed by atoms with van der Waals surface area (Å²) >= 11 is 0. The highest BCUT2D eigenvalue weighted by molar-refractivity contribution is 5.94. The van der Waals surface area contributed by atoms with Crippen molar-refractivity contribution in [2.24, 2.45) is 7.05 Å². The molecule has 0 bridgehead atoms. The summed E-state index contributed by atoms with van der Waals surface area (Å²) in [7, 11) is 1.88. The van der Waals surface area contributed by atoms with Crippen LogP contribution in [0.5, 0.6) is 0 Å². The van der Waals surface area contributed by atoms with Crippen LogP contribution in [0.15, 0.2) is 55.1 Å². The lowest BCUT2D eigenvalue weighted by atomic mass is 9.87. The Kier molecular flexibility index (Phi) is 4.89. The molecule has 1 N–H and O–H groups in total. The smallest absolute Gasteiger partial charge is 0.251 e. The minimum atomic E-state index is -0.0859. The number of nitrogens with one attached hydrogen (secondary N) is 1. The van der Waals surface area contributed by atoms with Gasteiger partial charge in [-0.3, -0.25) is 14.5 Å². The molecule has 0 aliphatic heterocycles. The molecule has 134 valence electrons. The van der Waals surface area contributed by atoms with E-state index in [1.165, 1.54) is 5.56 Å². The Hall–Kier alpha value is -2.95. The maximum Gasteiger partial charge on any atom is 0.251 e. The average Bonchev–Trinajstić information content (AvgIpc) is 3.06. The summed E-state index contributed by atoms with van der Waals surface area (Å²) in [4.78, 5) is 16.7. The molecule has 3 rings (SSSR count). The van der Waals surface area contributed by atoms with E-state index in [-0.39, 0.29) is 11.3 Å². The van der Waals surface area contributed by atoms with Crippen molar-refractivity contribution in [3.63, 3.8) is 0 Å². The molecule has 0 fully saturated rings. The van der Waals surface area contributed by atoms with Gasteiger partial charge in [0.05, 0.1) is 6.20 Å². The standard InChI is InChI=1S/C21H24N4O/c1-21(2,3)19-7-5-16(6-8-19)20(26)23-11-15-9-17(12-22-10-15)18-13-24-25(4)14-18/h5-10,12-14H,11H2,1-4H3,(H,23,26). The van der Waals surface area contributed by atoms with Gasteiger partial charge in [0.15, 0.2) is 0 Å². The quantitative estimate of drug-likeness (QED) is 0.782. The van der Waals surface area contributed by atoms with Crippen molar-refractivity contribution >= 4 is 5.91 Å². The van der Waals surface area contributed by atoms with Crippen molar-refractivity contribution in [1.82, 2.24) is 20.1 Å². The van der Waals surface area contributed by atoms with Crippen molar-refractivity contribution in [1.29, 1.82) is 0 Å². The molecule has 5 nitrogen and oxygen atoms in total. The van der Waals surface area contributed by atoms with Gasteiger partial charge in [0.1, 0.15) is 0 Å². The topological polar surface area (TPSA) is 59.8 Å². The first-order valence-corrected chi connectivity index (χ1v) is 8.64. The van der Waals surface area contributed by atoms with Gasteiger partial charge in [0, 0.05) is 48.9 Å².